The standard InChI is InChI=1S/C23H19F2N7O/c1-3-18(30-21-17(11-26)20(27)28-12(2)29-21)22-31-19-7-5-4-6-16(19)23(33)32(22)15-9-13(24)8-14(25)10-15/h4-10,18H,3H2,1-2H3,(H3,27,28,29,30)/t18-/m0/s1. The Morgan fingerprint density at radius 2 is 1.85 bits per heavy atom. The summed E-state index contributed by atoms with van der Waals surface area (Å²) in [5, 5.41) is 12.9. The molecule has 2 heterocycles. The van der Waals surface area contributed by atoms with Crippen LogP contribution in [0.15, 0.2) is 47.3 Å². The number of nitrogens with one attached hydrogen (secondary N) is 1. The third-order valence-electron chi connectivity index (χ3n) is 5.10. The van der Waals surface area contributed by atoms with Gasteiger partial charge in [0.15, 0.2) is 5.82 Å². The molecule has 8 nitrogen and oxygen atoms in total. The van der Waals surface area contributed by atoms with E-state index in [1.807, 2.05) is 13.0 Å². The molecule has 3 N–H and O–H groups in total. The van der Waals surface area contributed by atoms with Gasteiger partial charge in [0.2, 0.25) is 0 Å². The van der Waals surface area contributed by atoms with E-state index in [0.29, 0.717) is 23.1 Å². The molecule has 166 valence electrons. The zero-order valence-corrected chi connectivity index (χ0v) is 17.8. The van der Waals surface area contributed by atoms with Crippen molar-refractivity contribution in [1.82, 2.24) is 19.5 Å². The van der Waals surface area contributed by atoms with E-state index in [1.165, 1.54) is 4.57 Å². The number of nitrogen functional groups attached to an aromatic ring is 1. The molecule has 2 aromatic carbocycles. The molecule has 33 heavy (non-hydrogen) atoms. The number of halogens is 2. The lowest BCUT2D eigenvalue weighted by Crippen LogP contribution is -2.28. The lowest BCUT2D eigenvalue weighted by Gasteiger charge is -2.23. The molecule has 0 aliphatic carbocycles. The van der Waals surface area contributed by atoms with Crippen LogP contribution in [0.4, 0.5) is 20.4 Å². The molecule has 1 atom stereocenters. The Morgan fingerprint density at radius 1 is 1.15 bits per heavy atom. The smallest absolute Gasteiger partial charge is 0.266 e. The highest BCUT2D eigenvalue weighted by atomic mass is 19.1. The number of hydrogen-bond acceptors (Lipinski definition) is 7. The Kier molecular flexibility index (Phi) is 5.70. The van der Waals surface area contributed by atoms with Crippen LogP contribution in [-0.4, -0.2) is 19.5 Å². The number of fused-ring (bicyclic) bond motifs is 1. The van der Waals surface area contributed by atoms with E-state index in [-0.39, 0.29) is 28.7 Å². The van der Waals surface area contributed by atoms with Gasteiger partial charge in [-0.1, -0.05) is 19.1 Å². The number of anilines is 2. The molecule has 0 radical (unpaired) electrons. The number of nitrogens with two attached hydrogens (primary N) is 1. The van der Waals surface area contributed by atoms with Crippen molar-refractivity contribution in [2.45, 2.75) is 26.3 Å². The number of rotatable bonds is 5. The molecule has 0 bridgehead atoms. The van der Waals surface area contributed by atoms with Gasteiger partial charge in [0.05, 0.1) is 22.6 Å². The number of benzene rings is 2. The van der Waals surface area contributed by atoms with Gasteiger partial charge in [-0.05, 0) is 37.6 Å². The largest absolute Gasteiger partial charge is 0.382 e. The molecule has 4 aromatic rings. The van der Waals surface area contributed by atoms with Gasteiger partial charge in [0.25, 0.3) is 5.56 Å². The molecule has 0 saturated carbocycles. The van der Waals surface area contributed by atoms with Crippen molar-refractivity contribution in [2.75, 3.05) is 11.1 Å². The van der Waals surface area contributed by atoms with Crippen LogP contribution in [0.5, 0.6) is 0 Å². The van der Waals surface area contributed by atoms with E-state index in [9.17, 15) is 18.8 Å². The number of aromatic nitrogens is 4. The maximum absolute atomic E-state index is 14.1. The molecule has 10 heteroatoms. The third kappa shape index (κ3) is 4.08. The molecule has 0 fully saturated rings. The average molecular weight is 447 g/mol. The number of nitriles is 1. The monoisotopic (exact) mass is 447 g/mol. The second kappa shape index (κ2) is 8.63. The molecular weight excluding hydrogens is 428 g/mol. The Hall–Kier alpha value is -4.39. The lowest BCUT2D eigenvalue weighted by atomic mass is 10.1. The number of hydrogen-bond donors (Lipinski definition) is 2. The number of para-hydroxylation sites is 1. The van der Waals surface area contributed by atoms with Gasteiger partial charge < -0.3 is 11.1 Å². The van der Waals surface area contributed by atoms with Gasteiger partial charge in [-0.2, -0.15) is 5.26 Å². The fraction of sp³-hybridized carbons (Fsp3) is 0.174. The number of nitrogens with zero attached hydrogens (tertiary/aromatic N) is 5. The van der Waals surface area contributed by atoms with Crippen molar-refractivity contribution in [2.24, 2.45) is 0 Å². The summed E-state index contributed by atoms with van der Waals surface area (Å²) in [6, 6.07) is 10.9. The summed E-state index contributed by atoms with van der Waals surface area (Å²) in [5.41, 5.74) is 5.85. The normalized spacial score (nSPS) is 11.8. The fourth-order valence-electron chi connectivity index (χ4n) is 3.62. The predicted octanol–water partition coefficient (Wildman–Crippen LogP) is 3.78. The first-order chi connectivity index (χ1) is 15.8. The van der Waals surface area contributed by atoms with Crippen molar-refractivity contribution < 1.29 is 8.78 Å². The predicted molar refractivity (Wildman–Crippen MR) is 120 cm³/mol. The molecule has 4 rings (SSSR count). The maximum Gasteiger partial charge on any atom is 0.266 e. The molecule has 0 aliphatic heterocycles. The van der Waals surface area contributed by atoms with Gasteiger partial charge >= 0.3 is 0 Å². The van der Waals surface area contributed by atoms with Crippen molar-refractivity contribution in [3.8, 4) is 11.8 Å². The van der Waals surface area contributed by atoms with E-state index in [0.717, 1.165) is 18.2 Å². The van der Waals surface area contributed by atoms with Crippen LogP contribution in [0.1, 0.15) is 36.6 Å². The lowest BCUT2D eigenvalue weighted by molar-refractivity contribution is 0.578. The minimum atomic E-state index is -0.831. The van der Waals surface area contributed by atoms with Crippen LogP contribution >= 0.6 is 0 Å². The van der Waals surface area contributed by atoms with Crippen molar-refractivity contribution in [1.29, 1.82) is 5.26 Å². The van der Waals surface area contributed by atoms with E-state index in [2.05, 4.69) is 20.3 Å². The number of aryl methyl sites for hydroxylation is 1. The summed E-state index contributed by atoms with van der Waals surface area (Å²) in [7, 11) is 0. The van der Waals surface area contributed by atoms with E-state index in [1.54, 1.807) is 31.2 Å². The van der Waals surface area contributed by atoms with Gasteiger partial charge in [0.1, 0.15) is 40.7 Å². The Bertz CT molecular complexity index is 1460. The first-order valence-corrected chi connectivity index (χ1v) is 10.1. The summed E-state index contributed by atoms with van der Waals surface area (Å²) in [6.07, 6.45) is 0.399. The minimum Gasteiger partial charge on any atom is -0.382 e. The first-order valence-electron chi connectivity index (χ1n) is 10.1. The van der Waals surface area contributed by atoms with Crippen LogP contribution in [-0.2, 0) is 0 Å². The summed E-state index contributed by atoms with van der Waals surface area (Å²) >= 11 is 0. The second-order valence-corrected chi connectivity index (χ2v) is 7.35. The third-order valence-corrected chi connectivity index (χ3v) is 5.10. The highest BCUT2D eigenvalue weighted by Crippen LogP contribution is 2.27. The summed E-state index contributed by atoms with van der Waals surface area (Å²) in [5.74, 6) is -0.928. The van der Waals surface area contributed by atoms with Gasteiger partial charge in [-0.3, -0.25) is 9.36 Å². The second-order valence-electron chi connectivity index (χ2n) is 7.35. The van der Waals surface area contributed by atoms with Crippen LogP contribution < -0.4 is 16.6 Å². The zero-order chi connectivity index (χ0) is 23.7. The van der Waals surface area contributed by atoms with Crippen molar-refractivity contribution in [3.05, 3.63) is 81.7 Å². The quantitative estimate of drug-likeness (QED) is 0.477. The van der Waals surface area contributed by atoms with E-state index in [4.69, 9.17) is 5.73 Å². The molecule has 0 amide bonds. The van der Waals surface area contributed by atoms with Crippen LogP contribution in [0.3, 0.4) is 0 Å². The molecule has 0 unspecified atom stereocenters. The van der Waals surface area contributed by atoms with Crippen LogP contribution in [0, 0.1) is 29.9 Å². The molecular formula is C23H19F2N7O. The summed E-state index contributed by atoms with van der Waals surface area (Å²) in [6.45, 7) is 3.46. The molecule has 0 saturated heterocycles. The van der Waals surface area contributed by atoms with E-state index < -0.39 is 23.2 Å². The first kappa shape index (κ1) is 21.8. The SMILES string of the molecule is CC[C@H](Nc1nc(C)nc(N)c1C#N)c1nc2ccccc2c(=O)n1-c1cc(F)cc(F)c1. The van der Waals surface area contributed by atoms with Crippen molar-refractivity contribution >= 4 is 22.5 Å². The topological polar surface area (TPSA) is 123 Å². The molecule has 2 aromatic heterocycles. The Balaban J connectivity index is 1.98. The average Bonchev–Trinajstić information content (AvgIpc) is 2.76. The summed E-state index contributed by atoms with van der Waals surface area (Å²) < 4.78 is 29.3. The van der Waals surface area contributed by atoms with Gasteiger partial charge in [-0.15, -0.1) is 0 Å². The Labute approximate surface area is 187 Å². The maximum atomic E-state index is 14.1. The minimum absolute atomic E-state index is 0.00936. The zero-order valence-electron chi connectivity index (χ0n) is 17.8. The Morgan fingerprint density at radius 3 is 2.52 bits per heavy atom. The molecule has 0 aliphatic rings. The van der Waals surface area contributed by atoms with Gasteiger partial charge in [-0.25, -0.2) is 23.7 Å². The van der Waals surface area contributed by atoms with Crippen LogP contribution in [0.2, 0.25) is 0 Å². The van der Waals surface area contributed by atoms with Gasteiger partial charge in [0, 0.05) is 6.07 Å². The fourth-order valence-corrected chi connectivity index (χ4v) is 3.62. The highest BCUT2D eigenvalue weighted by Gasteiger charge is 2.23. The highest BCUT2D eigenvalue weighted by molar-refractivity contribution is 5.78. The summed E-state index contributed by atoms with van der Waals surface area (Å²) in [4.78, 5) is 26.3. The van der Waals surface area contributed by atoms with Crippen molar-refractivity contribution in [3.63, 3.8) is 0 Å². The van der Waals surface area contributed by atoms with E-state index >= 15 is 0 Å². The van der Waals surface area contributed by atoms with Crippen LogP contribution in [0.25, 0.3) is 16.6 Å². The molecule has 0 spiro atoms.